The fourth-order valence-corrected chi connectivity index (χ4v) is 2.17. The van der Waals surface area contributed by atoms with Crippen LogP contribution in [0.4, 0.5) is 8.78 Å². The Morgan fingerprint density at radius 1 is 1.35 bits per heavy atom. The number of hydrogen-bond donors (Lipinski definition) is 1. The van der Waals surface area contributed by atoms with Gasteiger partial charge in [-0.1, -0.05) is 11.6 Å². The molecule has 0 unspecified atom stereocenters. The summed E-state index contributed by atoms with van der Waals surface area (Å²) < 4.78 is 29.4. The molecule has 1 saturated carbocycles. The number of benzene rings is 1. The Balaban J connectivity index is 1.90. The van der Waals surface area contributed by atoms with Crippen molar-refractivity contribution in [3.8, 4) is 5.69 Å². The van der Waals surface area contributed by atoms with E-state index in [0.29, 0.717) is 28.9 Å². The van der Waals surface area contributed by atoms with Gasteiger partial charge in [-0.2, -0.15) is 5.10 Å². The Morgan fingerprint density at radius 3 is 2.50 bits per heavy atom. The van der Waals surface area contributed by atoms with E-state index in [9.17, 15) is 8.78 Å². The zero-order valence-electron chi connectivity index (χ0n) is 11.0. The first-order chi connectivity index (χ1) is 9.54. The first-order valence-corrected chi connectivity index (χ1v) is 6.86. The van der Waals surface area contributed by atoms with Crippen LogP contribution in [0, 0.1) is 18.6 Å². The second-order valence-corrected chi connectivity index (χ2v) is 5.48. The van der Waals surface area contributed by atoms with E-state index in [2.05, 4.69) is 10.4 Å². The maximum atomic E-state index is 14.1. The third-order valence-electron chi connectivity index (χ3n) is 3.32. The third-order valence-corrected chi connectivity index (χ3v) is 3.69. The first-order valence-electron chi connectivity index (χ1n) is 6.48. The van der Waals surface area contributed by atoms with Gasteiger partial charge >= 0.3 is 0 Å². The largest absolute Gasteiger partial charge is 0.310 e. The van der Waals surface area contributed by atoms with Gasteiger partial charge in [0.1, 0.15) is 5.69 Å². The van der Waals surface area contributed by atoms with E-state index in [1.807, 2.05) is 0 Å². The van der Waals surface area contributed by atoms with Gasteiger partial charge in [-0.25, -0.2) is 13.5 Å². The maximum Gasteiger partial charge on any atom is 0.152 e. The van der Waals surface area contributed by atoms with Crippen LogP contribution in [0.15, 0.2) is 18.3 Å². The van der Waals surface area contributed by atoms with Crippen LogP contribution in [0.5, 0.6) is 0 Å². The van der Waals surface area contributed by atoms with Crippen LogP contribution in [0.1, 0.15) is 24.1 Å². The number of nitrogens with zero attached hydrogens (tertiary/aromatic N) is 2. The average Bonchev–Trinajstić information content (AvgIpc) is 3.14. The number of aromatic nitrogens is 2. The number of aryl methyl sites for hydroxylation is 1. The molecule has 1 fully saturated rings. The van der Waals surface area contributed by atoms with Crippen molar-refractivity contribution in [3.05, 3.63) is 46.2 Å². The van der Waals surface area contributed by atoms with Gasteiger partial charge in [0.2, 0.25) is 0 Å². The fraction of sp³-hybridized carbons (Fsp3) is 0.357. The topological polar surface area (TPSA) is 29.9 Å². The van der Waals surface area contributed by atoms with E-state index < -0.39 is 11.6 Å². The predicted molar refractivity (Wildman–Crippen MR) is 73.1 cm³/mol. The van der Waals surface area contributed by atoms with Crippen LogP contribution in [0.3, 0.4) is 0 Å². The lowest BCUT2D eigenvalue weighted by Gasteiger charge is -2.09. The second kappa shape index (κ2) is 5.14. The number of hydrogen-bond acceptors (Lipinski definition) is 2. The van der Waals surface area contributed by atoms with Crippen molar-refractivity contribution in [1.29, 1.82) is 0 Å². The number of nitrogens with one attached hydrogen (secondary N) is 1. The summed E-state index contributed by atoms with van der Waals surface area (Å²) in [4.78, 5) is 0. The Bertz CT molecular complexity index is 607. The molecule has 3 nitrogen and oxygen atoms in total. The van der Waals surface area contributed by atoms with Crippen LogP contribution >= 0.6 is 11.6 Å². The van der Waals surface area contributed by atoms with Crippen molar-refractivity contribution in [2.45, 2.75) is 32.4 Å². The molecule has 6 heteroatoms. The molecule has 0 spiro atoms. The summed E-state index contributed by atoms with van der Waals surface area (Å²) in [6.07, 6.45) is 3.67. The van der Waals surface area contributed by atoms with Gasteiger partial charge in [0.15, 0.2) is 11.6 Å². The van der Waals surface area contributed by atoms with Gasteiger partial charge in [-0.05, 0) is 37.5 Å². The van der Waals surface area contributed by atoms with E-state index in [4.69, 9.17) is 11.6 Å². The van der Waals surface area contributed by atoms with Crippen LogP contribution in [0.25, 0.3) is 5.69 Å². The molecule has 0 aliphatic heterocycles. The summed E-state index contributed by atoms with van der Waals surface area (Å²) in [5, 5.41) is 7.61. The maximum absolute atomic E-state index is 14.1. The average molecular weight is 298 g/mol. The lowest BCUT2D eigenvalue weighted by molar-refractivity contribution is 0.553. The van der Waals surface area contributed by atoms with Crippen molar-refractivity contribution in [2.24, 2.45) is 0 Å². The third kappa shape index (κ3) is 2.69. The monoisotopic (exact) mass is 297 g/mol. The van der Waals surface area contributed by atoms with E-state index >= 15 is 0 Å². The van der Waals surface area contributed by atoms with Gasteiger partial charge in [0.25, 0.3) is 0 Å². The highest BCUT2D eigenvalue weighted by Gasteiger charge is 2.21. The molecule has 0 amide bonds. The van der Waals surface area contributed by atoms with Crippen molar-refractivity contribution in [3.63, 3.8) is 0 Å². The highest BCUT2D eigenvalue weighted by Crippen LogP contribution is 2.24. The van der Waals surface area contributed by atoms with Gasteiger partial charge < -0.3 is 5.32 Å². The zero-order valence-corrected chi connectivity index (χ0v) is 11.7. The van der Waals surface area contributed by atoms with E-state index in [0.717, 1.165) is 17.5 Å². The van der Waals surface area contributed by atoms with Gasteiger partial charge in [0.05, 0.1) is 10.7 Å². The quantitative estimate of drug-likeness (QED) is 0.938. The smallest absolute Gasteiger partial charge is 0.152 e. The van der Waals surface area contributed by atoms with Crippen LogP contribution in [0.2, 0.25) is 5.02 Å². The SMILES string of the molecule is Cc1nn(-c2c(F)cc(CNC3CC3)cc2F)cc1Cl. The molecule has 1 aromatic heterocycles. The van der Waals surface area contributed by atoms with Crippen LogP contribution < -0.4 is 5.32 Å². The predicted octanol–water partition coefficient (Wildman–Crippen LogP) is 3.36. The minimum atomic E-state index is -0.642. The molecule has 106 valence electrons. The molecule has 20 heavy (non-hydrogen) atoms. The lowest BCUT2D eigenvalue weighted by atomic mass is 10.2. The molecular formula is C14H14ClF2N3. The summed E-state index contributed by atoms with van der Waals surface area (Å²) in [5.74, 6) is -1.28. The molecule has 1 aliphatic rings. The summed E-state index contributed by atoms with van der Waals surface area (Å²) in [6.45, 7) is 2.15. The van der Waals surface area contributed by atoms with E-state index in [1.165, 1.54) is 18.3 Å². The zero-order chi connectivity index (χ0) is 14.3. The molecule has 0 bridgehead atoms. The Hall–Kier alpha value is -1.46. The summed E-state index contributed by atoms with van der Waals surface area (Å²) in [7, 11) is 0. The van der Waals surface area contributed by atoms with Gasteiger partial charge in [-0.15, -0.1) is 0 Å². The molecule has 1 aliphatic carbocycles. The van der Waals surface area contributed by atoms with Crippen molar-refractivity contribution >= 4 is 11.6 Å². The minimum absolute atomic E-state index is 0.199. The molecule has 3 rings (SSSR count). The number of rotatable bonds is 4. The van der Waals surface area contributed by atoms with Gasteiger partial charge in [0, 0.05) is 18.8 Å². The van der Waals surface area contributed by atoms with Crippen LogP contribution in [-0.2, 0) is 6.54 Å². The highest BCUT2D eigenvalue weighted by molar-refractivity contribution is 6.31. The Labute approximate surface area is 120 Å². The Kier molecular flexibility index (Phi) is 3.48. The molecule has 0 atom stereocenters. The molecule has 0 radical (unpaired) electrons. The molecule has 1 N–H and O–H groups in total. The molecule has 2 aromatic rings. The molecule has 1 heterocycles. The molecular weight excluding hydrogens is 284 g/mol. The van der Waals surface area contributed by atoms with Crippen molar-refractivity contribution in [1.82, 2.24) is 15.1 Å². The summed E-state index contributed by atoms with van der Waals surface area (Å²) in [5.41, 5.74) is 0.922. The van der Waals surface area contributed by atoms with E-state index in [1.54, 1.807) is 6.92 Å². The second-order valence-electron chi connectivity index (χ2n) is 5.07. The van der Waals surface area contributed by atoms with Crippen LogP contribution in [-0.4, -0.2) is 15.8 Å². The highest BCUT2D eigenvalue weighted by atomic mass is 35.5. The fourth-order valence-electron chi connectivity index (χ4n) is 2.04. The Morgan fingerprint density at radius 2 is 2.00 bits per heavy atom. The van der Waals surface area contributed by atoms with Gasteiger partial charge in [-0.3, -0.25) is 0 Å². The summed E-state index contributed by atoms with van der Waals surface area (Å²) in [6, 6.07) is 3.16. The number of halogens is 3. The van der Waals surface area contributed by atoms with Crippen molar-refractivity contribution in [2.75, 3.05) is 0 Å². The normalized spacial score (nSPS) is 14.8. The first kappa shape index (κ1) is 13.5. The summed E-state index contributed by atoms with van der Waals surface area (Å²) >= 11 is 5.87. The minimum Gasteiger partial charge on any atom is -0.310 e. The molecule has 1 aromatic carbocycles. The standard InChI is InChI=1S/C14H14ClF2N3/c1-8-11(15)7-20(19-8)14-12(16)4-9(5-13(14)17)6-18-10-2-3-10/h4-5,7,10,18H,2-3,6H2,1H3. The lowest BCUT2D eigenvalue weighted by Crippen LogP contribution is -2.16. The van der Waals surface area contributed by atoms with Crippen molar-refractivity contribution < 1.29 is 8.78 Å². The van der Waals surface area contributed by atoms with E-state index in [-0.39, 0.29) is 5.69 Å². The molecule has 0 saturated heterocycles.